The van der Waals surface area contributed by atoms with Gasteiger partial charge in [-0.1, -0.05) is 29.3 Å². The van der Waals surface area contributed by atoms with Crippen molar-refractivity contribution >= 4 is 23.2 Å². The van der Waals surface area contributed by atoms with Crippen molar-refractivity contribution in [3.63, 3.8) is 0 Å². The van der Waals surface area contributed by atoms with Crippen LogP contribution in [0.15, 0.2) is 24.3 Å². The van der Waals surface area contributed by atoms with E-state index in [1.165, 1.54) is 5.56 Å². The van der Waals surface area contributed by atoms with Gasteiger partial charge in [0.15, 0.2) is 11.5 Å². The van der Waals surface area contributed by atoms with E-state index in [-0.39, 0.29) is 12.5 Å². The van der Waals surface area contributed by atoms with Crippen LogP contribution in [0.2, 0.25) is 5.02 Å². The molecular formula is C21H25ClN2O3. The Kier molecular flexibility index (Phi) is 6.24. The van der Waals surface area contributed by atoms with Crippen molar-refractivity contribution in [3.05, 3.63) is 51.5 Å². The topological polar surface area (TPSA) is 59.6 Å². The van der Waals surface area contributed by atoms with E-state index in [2.05, 4.69) is 22.8 Å². The standard InChI is InChI=1S/C21H25ClN2O3/c1-13-7-14(2)20(15(3)8-13)24-19(25)12-23-11-16-9-17(22)21-18(10-16)26-5-4-6-27-21/h7-10,23H,4-6,11-12H2,1-3H3,(H,24,25). The van der Waals surface area contributed by atoms with Crippen molar-refractivity contribution in [2.45, 2.75) is 33.7 Å². The number of anilines is 1. The number of amides is 1. The van der Waals surface area contributed by atoms with Crippen molar-refractivity contribution < 1.29 is 14.3 Å². The number of fused-ring (bicyclic) bond motifs is 1. The Labute approximate surface area is 165 Å². The quantitative estimate of drug-likeness (QED) is 0.807. The average Bonchev–Trinajstić information content (AvgIpc) is 2.84. The van der Waals surface area contributed by atoms with Gasteiger partial charge in [-0.25, -0.2) is 0 Å². The second-order valence-corrected chi connectivity index (χ2v) is 7.29. The first-order valence-electron chi connectivity index (χ1n) is 9.10. The first kappa shape index (κ1) is 19.5. The van der Waals surface area contributed by atoms with Gasteiger partial charge in [0.2, 0.25) is 5.91 Å². The van der Waals surface area contributed by atoms with Gasteiger partial charge >= 0.3 is 0 Å². The number of aryl methyl sites for hydroxylation is 3. The lowest BCUT2D eigenvalue weighted by atomic mass is 10.1. The number of benzene rings is 2. The number of hydrogen-bond donors (Lipinski definition) is 2. The Morgan fingerprint density at radius 2 is 1.78 bits per heavy atom. The number of halogens is 1. The predicted octanol–water partition coefficient (Wildman–Crippen LogP) is 4.15. The lowest BCUT2D eigenvalue weighted by Gasteiger charge is -2.14. The fourth-order valence-corrected chi connectivity index (χ4v) is 3.56. The van der Waals surface area contributed by atoms with E-state index in [9.17, 15) is 4.79 Å². The molecule has 3 rings (SSSR count). The zero-order chi connectivity index (χ0) is 19.4. The van der Waals surface area contributed by atoms with Gasteiger partial charge in [-0.2, -0.15) is 0 Å². The van der Waals surface area contributed by atoms with Crippen LogP contribution >= 0.6 is 11.6 Å². The molecule has 0 spiro atoms. The van der Waals surface area contributed by atoms with E-state index in [0.717, 1.165) is 28.8 Å². The first-order valence-corrected chi connectivity index (χ1v) is 9.48. The van der Waals surface area contributed by atoms with Crippen LogP contribution in [0, 0.1) is 20.8 Å². The molecule has 0 saturated carbocycles. The van der Waals surface area contributed by atoms with Crippen LogP contribution in [0.25, 0.3) is 0 Å². The number of ether oxygens (including phenoxy) is 2. The molecule has 0 atom stereocenters. The molecule has 0 saturated heterocycles. The molecule has 2 N–H and O–H groups in total. The summed E-state index contributed by atoms with van der Waals surface area (Å²) in [6, 6.07) is 7.88. The molecule has 1 aliphatic heterocycles. The highest BCUT2D eigenvalue weighted by Gasteiger charge is 2.15. The highest BCUT2D eigenvalue weighted by Crippen LogP contribution is 2.37. The molecule has 2 aromatic rings. The largest absolute Gasteiger partial charge is 0.489 e. The van der Waals surface area contributed by atoms with E-state index >= 15 is 0 Å². The minimum absolute atomic E-state index is 0.0782. The Hall–Kier alpha value is -2.24. The molecular weight excluding hydrogens is 364 g/mol. The molecule has 0 fully saturated rings. The second kappa shape index (κ2) is 8.63. The van der Waals surface area contributed by atoms with Crippen molar-refractivity contribution in [3.8, 4) is 11.5 Å². The lowest BCUT2D eigenvalue weighted by molar-refractivity contribution is -0.115. The SMILES string of the molecule is Cc1cc(C)c(NC(=O)CNCc2cc(Cl)c3c(c2)OCCCO3)c(C)c1. The minimum atomic E-state index is -0.0782. The number of rotatable bonds is 5. The monoisotopic (exact) mass is 388 g/mol. The van der Waals surface area contributed by atoms with Gasteiger partial charge in [-0.05, 0) is 49.6 Å². The number of carbonyl (C=O) groups excluding carboxylic acids is 1. The van der Waals surface area contributed by atoms with Crippen LogP contribution in [0.5, 0.6) is 11.5 Å². The molecule has 1 heterocycles. The summed E-state index contributed by atoms with van der Waals surface area (Å²) < 4.78 is 11.3. The molecule has 0 aromatic heterocycles. The van der Waals surface area contributed by atoms with Gasteiger partial charge in [0.25, 0.3) is 0 Å². The van der Waals surface area contributed by atoms with E-state index in [4.69, 9.17) is 21.1 Å². The maximum absolute atomic E-state index is 12.3. The van der Waals surface area contributed by atoms with Crippen molar-refractivity contribution in [2.75, 3.05) is 25.1 Å². The zero-order valence-electron chi connectivity index (χ0n) is 15.9. The number of carbonyl (C=O) groups is 1. The van der Waals surface area contributed by atoms with Gasteiger partial charge in [0.05, 0.1) is 24.8 Å². The first-order chi connectivity index (χ1) is 12.9. The molecule has 0 radical (unpaired) electrons. The highest BCUT2D eigenvalue weighted by molar-refractivity contribution is 6.32. The molecule has 27 heavy (non-hydrogen) atoms. The summed E-state index contributed by atoms with van der Waals surface area (Å²) in [5.41, 5.74) is 5.14. The second-order valence-electron chi connectivity index (χ2n) is 6.88. The minimum Gasteiger partial charge on any atom is -0.489 e. The summed E-state index contributed by atoms with van der Waals surface area (Å²) in [5, 5.41) is 6.67. The molecule has 5 nitrogen and oxygen atoms in total. The van der Waals surface area contributed by atoms with Crippen LogP contribution < -0.4 is 20.1 Å². The van der Waals surface area contributed by atoms with E-state index in [1.54, 1.807) is 0 Å². The van der Waals surface area contributed by atoms with Crippen LogP contribution in [-0.2, 0) is 11.3 Å². The van der Waals surface area contributed by atoms with Crippen LogP contribution in [0.4, 0.5) is 5.69 Å². The Bertz CT molecular complexity index is 829. The third kappa shape index (κ3) is 4.93. The maximum Gasteiger partial charge on any atom is 0.238 e. The third-order valence-electron chi connectivity index (χ3n) is 4.42. The van der Waals surface area contributed by atoms with Crippen molar-refractivity contribution in [2.24, 2.45) is 0 Å². The van der Waals surface area contributed by atoms with Crippen LogP contribution in [-0.4, -0.2) is 25.7 Å². The summed E-state index contributed by atoms with van der Waals surface area (Å²) >= 11 is 6.30. The third-order valence-corrected chi connectivity index (χ3v) is 4.70. The Balaban J connectivity index is 1.58. The molecule has 6 heteroatoms. The van der Waals surface area contributed by atoms with Crippen LogP contribution in [0.1, 0.15) is 28.7 Å². The summed E-state index contributed by atoms with van der Waals surface area (Å²) in [4.78, 5) is 12.3. The number of nitrogens with one attached hydrogen (secondary N) is 2. The molecule has 1 amide bonds. The average molecular weight is 389 g/mol. The van der Waals surface area contributed by atoms with Crippen LogP contribution in [0.3, 0.4) is 0 Å². The Morgan fingerprint density at radius 1 is 1.07 bits per heavy atom. The van der Waals surface area contributed by atoms with Gasteiger partial charge < -0.3 is 20.1 Å². The van der Waals surface area contributed by atoms with Gasteiger partial charge in [0, 0.05) is 18.7 Å². The van der Waals surface area contributed by atoms with Crippen molar-refractivity contribution in [1.29, 1.82) is 0 Å². The van der Waals surface area contributed by atoms with E-state index in [1.807, 2.05) is 32.9 Å². The molecule has 1 aliphatic rings. The lowest BCUT2D eigenvalue weighted by Crippen LogP contribution is -2.28. The molecule has 0 unspecified atom stereocenters. The number of hydrogen-bond acceptors (Lipinski definition) is 4. The predicted molar refractivity (Wildman–Crippen MR) is 108 cm³/mol. The fourth-order valence-electron chi connectivity index (χ4n) is 3.27. The normalized spacial score (nSPS) is 13.2. The molecule has 0 aliphatic carbocycles. The van der Waals surface area contributed by atoms with E-state index in [0.29, 0.717) is 36.3 Å². The molecule has 0 bridgehead atoms. The van der Waals surface area contributed by atoms with Crippen molar-refractivity contribution in [1.82, 2.24) is 5.32 Å². The highest BCUT2D eigenvalue weighted by atomic mass is 35.5. The smallest absolute Gasteiger partial charge is 0.238 e. The summed E-state index contributed by atoms with van der Waals surface area (Å²) in [5.74, 6) is 1.18. The van der Waals surface area contributed by atoms with Gasteiger partial charge in [0.1, 0.15) is 0 Å². The summed E-state index contributed by atoms with van der Waals surface area (Å²) in [6.45, 7) is 7.98. The Morgan fingerprint density at radius 3 is 2.52 bits per heavy atom. The maximum atomic E-state index is 12.3. The van der Waals surface area contributed by atoms with Gasteiger partial charge in [-0.15, -0.1) is 0 Å². The fraction of sp³-hybridized carbons (Fsp3) is 0.381. The summed E-state index contributed by atoms with van der Waals surface area (Å²) in [7, 11) is 0. The van der Waals surface area contributed by atoms with E-state index < -0.39 is 0 Å². The van der Waals surface area contributed by atoms with Gasteiger partial charge in [-0.3, -0.25) is 4.79 Å². The molecule has 2 aromatic carbocycles. The summed E-state index contributed by atoms with van der Waals surface area (Å²) in [6.07, 6.45) is 0.830. The zero-order valence-corrected chi connectivity index (χ0v) is 16.7. The molecule has 144 valence electrons.